The topological polar surface area (TPSA) is 129 Å². The molecule has 1 aromatic carbocycles. The number of nitrogens with two attached hydrogens (primary N) is 1. The van der Waals surface area contributed by atoms with Gasteiger partial charge in [0.1, 0.15) is 17.7 Å². The number of ether oxygens (including phenoxy) is 3. The van der Waals surface area contributed by atoms with Crippen molar-refractivity contribution in [2.45, 2.75) is 25.9 Å². The first-order valence-corrected chi connectivity index (χ1v) is 9.98. The average Bonchev–Trinajstić information content (AvgIpc) is 3.27. The third-order valence-corrected chi connectivity index (χ3v) is 4.67. The summed E-state index contributed by atoms with van der Waals surface area (Å²) in [6.07, 6.45) is 4.94. The maximum absolute atomic E-state index is 9.33. The van der Waals surface area contributed by atoms with Gasteiger partial charge in [0.05, 0.1) is 36.5 Å². The van der Waals surface area contributed by atoms with E-state index in [-0.39, 0.29) is 6.10 Å². The van der Waals surface area contributed by atoms with Crippen LogP contribution in [0.4, 0.5) is 0 Å². The summed E-state index contributed by atoms with van der Waals surface area (Å²) in [6, 6.07) is 8.83. The summed E-state index contributed by atoms with van der Waals surface area (Å²) in [5, 5.41) is 9.33. The van der Waals surface area contributed by atoms with Crippen molar-refractivity contribution in [1.82, 2.24) is 19.9 Å². The zero-order valence-corrected chi connectivity index (χ0v) is 17.1. The molecule has 1 saturated heterocycles. The summed E-state index contributed by atoms with van der Waals surface area (Å²) in [7, 11) is 0. The smallest absolute Gasteiger partial charge is 0.226 e. The Morgan fingerprint density at radius 1 is 1.19 bits per heavy atom. The standard InChI is InChI=1S/C22H22N6O3/c1-14-27-20(30-17-5-7-29-13-17)9-21(28-14)31-19-8-15(10-24)2-3-18(19)22-25-11-16(4-6-23)12-26-22/h2-3,8-9,11-12,17H,4-7,13,23H2,1H3/t17-/m1/s1. The van der Waals surface area contributed by atoms with Crippen LogP contribution < -0.4 is 15.2 Å². The summed E-state index contributed by atoms with van der Waals surface area (Å²) in [4.78, 5) is 17.5. The van der Waals surface area contributed by atoms with Crippen LogP contribution in [0.1, 0.15) is 23.4 Å². The molecule has 9 nitrogen and oxygen atoms in total. The van der Waals surface area contributed by atoms with Gasteiger partial charge in [0.2, 0.25) is 11.8 Å². The minimum absolute atomic E-state index is 0.0416. The summed E-state index contributed by atoms with van der Waals surface area (Å²) in [6.45, 7) is 3.49. The molecule has 1 aliphatic rings. The Kier molecular flexibility index (Phi) is 6.31. The molecular formula is C22H22N6O3. The van der Waals surface area contributed by atoms with Crippen LogP contribution in [0.2, 0.25) is 0 Å². The van der Waals surface area contributed by atoms with E-state index in [0.717, 1.165) is 12.0 Å². The highest BCUT2D eigenvalue weighted by molar-refractivity contribution is 5.66. The molecule has 9 heteroatoms. The normalized spacial score (nSPS) is 15.5. The van der Waals surface area contributed by atoms with Crippen molar-refractivity contribution in [3.63, 3.8) is 0 Å². The molecule has 0 spiro atoms. The molecule has 1 atom stereocenters. The monoisotopic (exact) mass is 418 g/mol. The molecule has 3 aromatic rings. The van der Waals surface area contributed by atoms with Crippen molar-refractivity contribution in [2.24, 2.45) is 5.73 Å². The largest absolute Gasteiger partial charge is 0.472 e. The van der Waals surface area contributed by atoms with Gasteiger partial charge >= 0.3 is 0 Å². The fourth-order valence-corrected chi connectivity index (χ4v) is 3.17. The molecule has 1 fully saturated rings. The Labute approximate surface area is 179 Å². The lowest BCUT2D eigenvalue weighted by Gasteiger charge is -2.14. The summed E-state index contributed by atoms with van der Waals surface area (Å²) in [5.41, 5.74) is 7.63. The molecular weight excluding hydrogens is 396 g/mol. The first-order valence-electron chi connectivity index (χ1n) is 9.98. The van der Waals surface area contributed by atoms with Crippen molar-refractivity contribution < 1.29 is 14.2 Å². The highest BCUT2D eigenvalue weighted by Gasteiger charge is 2.19. The van der Waals surface area contributed by atoms with Crippen LogP contribution in [0.15, 0.2) is 36.7 Å². The van der Waals surface area contributed by atoms with Crippen molar-refractivity contribution in [2.75, 3.05) is 19.8 Å². The van der Waals surface area contributed by atoms with Gasteiger partial charge in [-0.2, -0.15) is 15.2 Å². The van der Waals surface area contributed by atoms with Crippen LogP contribution >= 0.6 is 0 Å². The summed E-state index contributed by atoms with van der Waals surface area (Å²) in [5.74, 6) is 2.12. The Hall–Kier alpha value is -3.61. The van der Waals surface area contributed by atoms with Crippen LogP contribution in [0.5, 0.6) is 17.5 Å². The molecule has 3 heterocycles. The van der Waals surface area contributed by atoms with Crippen molar-refractivity contribution in [1.29, 1.82) is 5.26 Å². The van der Waals surface area contributed by atoms with Gasteiger partial charge in [-0.05, 0) is 43.7 Å². The second-order valence-electron chi connectivity index (χ2n) is 7.07. The number of benzene rings is 1. The number of aromatic nitrogens is 4. The number of nitriles is 1. The zero-order chi connectivity index (χ0) is 21.6. The van der Waals surface area contributed by atoms with Crippen LogP contribution in [0.3, 0.4) is 0 Å². The lowest BCUT2D eigenvalue weighted by molar-refractivity contribution is 0.137. The zero-order valence-electron chi connectivity index (χ0n) is 17.1. The fraction of sp³-hybridized carbons (Fsp3) is 0.318. The van der Waals surface area contributed by atoms with Gasteiger partial charge in [-0.15, -0.1) is 0 Å². The number of hydrogen-bond donors (Lipinski definition) is 1. The van der Waals surface area contributed by atoms with Crippen molar-refractivity contribution in [3.05, 3.63) is 53.6 Å². The van der Waals surface area contributed by atoms with E-state index < -0.39 is 0 Å². The average molecular weight is 418 g/mol. The second-order valence-corrected chi connectivity index (χ2v) is 7.07. The van der Waals surface area contributed by atoms with Gasteiger partial charge < -0.3 is 19.9 Å². The van der Waals surface area contributed by atoms with Crippen molar-refractivity contribution in [3.8, 4) is 35.0 Å². The molecule has 0 amide bonds. The number of hydrogen-bond acceptors (Lipinski definition) is 9. The van der Waals surface area contributed by atoms with Gasteiger partial charge in [-0.1, -0.05) is 0 Å². The highest BCUT2D eigenvalue weighted by atomic mass is 16.6. The number of nitrogens with zero attached hydrogens (tertiary/aromatic N) is 5. The Balaban J connectivity index is 1.64. The Morgan fingerprint density at radius 3 is 2.71 bits per heavy atom. The highest BCUT2D eigenvalue weighted by Crippen LogP contribution is 2.33. The van der Waals surface area contributed by atoms with Gasteiger partial charge in [-0.3, -0.25) is 0 Å². The number of rotatable bonds is 7. The predicted octanol–water partition coefficient (Wildman–Crippen LogP) is 2.57. The fourth-order valence-electron chi connectivity index (χ4n) is 3.17. The molecule has 0 saturated carbocycles. The molecule has 31 heavy (non-hydrogen) atoms. The second kappa shape index (κ2) is 9.47. The lowest BCUT2D eigenvalue weighted by Crippen LogP contribution is -2.16. The van der Waals surface area contributed by atoms with E-state index in [1.165, 1.54) is 0 Å². The maximum Gasteiger partial charge on any atom is 0.226 e. The van der Waals surface area contributed by atoms with Crippen LogP contribution in [0.25, 0.3) is 11.4 Å². The molecule has 158 valence electrons. The van der Waals surface area contributed by atoms with E-state index in [4.69, 9.17) is 19.9 Å². The molecule has 4 rings (SSSR count). The van der Waals surface area contributed by atoms with E-state index in [1.54, 1.807) is 43.6 Å². The summed E-state index contributed by atoms with van der Waals surface area (Å²) >= 11 is 0. The van der Waals surface area contributed by atoms with Crippen molar-refractivity contribution >= 4 is 0 Å². The van der Waals surface area contributed by atoms with Crippen LogP contribution in [-0.2, 0) is 11.2 Å². The van der Waals surface area contributed by atoms with E-state index in [9.17, 15) is 5.26 Å². The van der Waals surface area contributed by atoms with Gasteiger partial charge in [0, 0.05) is 18.8 Å². The molecule has 2 N–H and O–H groups in total. The van der Waals surface area contributed by atoms with Gasteiger partial charge in [-0.25, -0.2) is 9.97 Å². The minimum atomic E-state index is -0.0416. The lowest BCUT2D eigenvalue weighted by atomic mass is 10.1. The van der Waals surface area contributed by atoms with Gasteiger partial charge in [0.25, 0.3) is 0 Å². The van der Waals surface area contributed by atoms with E-state index >= 15 is 0 Å². The molecule has 1 aliphatic heterocycles. The van der Waals surface area contributed by atoms with E-state index in [1.807, 2.05) is 0 Å². The number of aryl methyl sites for hydroxylation is 1. The SMILES string of the molecule is Cc1nc(Oc2cc(C#N)ccc2-c2ncc(CCN)cn2)cc(O[C@@H]2CCOC2)n1. The Bertz CT molecular complexity index is 1090. The van der Waals surface area contributed by atoms with Crippen LogP contribution in [-0.4, -0.2) is 45.8 Å². The molecule has 0 unspecified atom stereocenters. The van der Waals surface area contributed by atoms with E-state index in [2.05, 4.69) is 26.0 Å². The Morgan fingerprint density at radius 2 is 2.00 bits per heavy atom. The molecule has 0 aliphatic carbocycles. The first-order chi connectivity index (χ1) is 15.1. The predicted molar refractivity (Wildman–Crippen MR) is 112 cm³/mol. The van der Waals surface area contributed by atoms with Gasteiger partial charge in [0.15, 0.2) is 5.82 Å². The molecule has 2 aromatic heterocycles. The summed E-state index contributed by atoms with van der Waals surface area (Å²) < 4.78 is 17.3. The molecule has 0 bridgehead atoms. The minimum Gasteiger partial charge on any atom is -0.472 e. The maximum atomic E-state index is 9.33. The molecule has 0 radical (unpaired) electrons. The van der Waals surface area contributed by atoms with E-state index in [0.29, 0.717) is 66.5 Å². The van der Waals surface area contributed by atoms with Crippen LogP contribution in [0, 0.1) is 18.3 Å². The third kappa shape index (κ3) is 5.12. The quantitative estimate of drug-likeness (QED) is 0.615. The first kappa shape index (κ1) is 20.7. The third-order valence-electron chi connectivity index (χ3n) is 4.67.